The number of ether oxygens (including phenoxy) is 1. The van der Waals surface area contributed by atoms with Crippen LogP contribution in [0.3, 0.4) is 0 Å². The number of tetrazole rings is 1. The Morgan fingerprint density at radius 2 is 2.09 bits per heavy atom. The van der Waals surface area contributed by atoms with Crippen molar-refractivity contribution in [2.75, 3.05) is 12.4 Å². The molecular formula is C16H15N5O2. The van der Waals surface area contributed by atoms with E-state index < -0.39 is 0 Å². The Kier molecular flexibility index (Phi) is 4.01. The van der Waals surface area contributed by atoms with Gasteiger partial charge in [0.05, 0.1) is 7.11 Å². The summed E-state index contributed by atoms with van der Waals surface area (Å²) < 4.78 is 6.81. The van der Waals surface area contributed by atoms with Crippen molar-refractivity contribution in [1.29, 1.82) is 0 Å². The number of carbonyl (C=O) groups is 1. The highest BCUT2D eigenvalue weighted by molar-refractivity contribution is 6.04. The number of benzene rings is 2. The van der Waals surface area contributed by atoms with Gasteiger partial charge in [0.2, 0.25) is 0 Å². The number of amides is 1. The average molecular weight is 309 g/mol. The second-order valence-corrected chi connectivity index (χ2v) is 4.96. The highest BCUT2D eigenvalue weighted by Crippen LogP contribution is 2.24. The van der Waals surface area contributed by atoms with Crippen molar-refractivity contribution in [1.82, 2.24) is 20.2 Å². The van der Waals surface area contributed by atoms with Crippen LogP contribution in [0, 0.1) is 6.92 Å². The molecule has 0 unspecified atom stereocenters. The largest absolute Gasteiger partial charge is 0.494 e. The highest BCUT2D eigenvalue weighted by Gasteiger charge is 2.12. The number of nitrogens with one attached hydrogen (secondary N) is 1. The van der Waals surface area contributed by atoms with Gasteiger partial charge in [0.25, 0.3) is 5.91 Å². The molecule has 0 aliphatic rings. The Bertz CT molecular complexity index is 830. The van der Waals surface area contributed by atoms with E-state index in [0.29, 0.717) is 17.0 Å². The smallest absolute Gasteiger partial charge is 0.255 e. The normalized spacial score (nSPS) is 10.3. The van der Waals surface area contributed by atoms with Gasteiger partial charge in [-0.05, 0) is 53.2 Å². The van der Waals surface area contributed by atoms with Crippen LogP contribution in [-0.4, -0.2) is 33.2 Å². The molecule has 1 aromatic heterocycles. The first-order valence-corrected chi connectivity index (χ1v) is 6.97. The zero-order valence-corrected chi connectivity index (χ0v) is 12.7. The fraction of sp³-hybridized carbons (Fsp3) is 0.125. The summed E-state index contributed by atoms with van der Waals surface area (Å²) in [6.45, 7) is 1.97. The van der Waals surface area contributed by atoms with E-state index in [4.69, 9.17) is 4.74 Å². The van der Waals surface area contributed by atoms with Crippen LogP contribution < -0.4 is 10.1 Å². The predicted octanol–water partition coefficient (Wildman–Crippen LogP) is 2.23. The topological polar surface area (TPSA) is 81.9 Å². The van der Waals surface area contributed by atoms with Crippen molar-refractivity contribution in [3.05, 3.63) is 59.9 Å². The lowest BCUT2D eigenvalue weighted by atomic mass is 10.1. The highest BCUT2D eigenvalue weighted by atomic mass is 16.5. The monoisotopic (exact) mass is 309 g/mol. The number of methoxy groups -OCH3 is 1. The minimum atomic E-state index is -0.211. The Morgan fingerprint density at radius 1 is 1.22 bits per heavy atom. The molecule has 0 atom stereocenters. The number of rotatable bonds is 4. The molecule has 7 nitrogen and oxygen atoms in total. The Balaban J connectivity index is 1.87. The molecule has 3 aromatic rings. The standard InChI is InChI=1S/C16H15N5O2/c1-11-4-3-5-13(8-11)18-16(22)12-6-7-14(15(9-12)23-2)21-10-17-19-20-21/h3-10H,1-2H3,(H,18,22). The fourth-order valence-electron chi connectivity index (χ4n) is 2.21. The molecule has 2 aromatic carbocycles. The van der Waals surface area contributed by atoms with Crippen LogP contribution in [0.4, 0.5) is 5.69 Å². The number of hydrogen-bond donors (Lipinski definition) is 1. The van der Waals surface area contributed by atoms with Gasteiger partial charge in [0.1, 0.15) is 17.8 Å². The van der Waals surface area contributed by atoms with E-state index in [-0.39, 0.29) is 5.91 Å². The molecule has 1 heterocycles. The molecule has 0 fully saturated rings. The van der Waals surface area contributed by atoms with Crippen LogP contribution >= 0.6 is 0 Å². The first kappa shape index (κ1) is 14.7. The van der Waals surface area contributed by atoms with Crippen LogP contribution in [0.25, 0.3) is 5.69 Å². The molecule has 0 radical (unpaired) electrons. The van der Waals surface area contributed by atoms with Crippen molar-refractivity contribution in [3.63, 3.8) is 0 Å². The molecule has 0 spiro atoms. The fourth-order valence-corrected chi connectivity index (χ4v) is 2.21. The van der Waals surface area contributed by atoms with Crippen molar-refractivity contribution >= 4 is 11.6 Å². The van der Waals surface area contributed by atoms with E-state index in [1.807, 2.05) is 31.2 Å². The van der Waals surface area contributed by atoms with Gasteiger partial charge in [-0.15, -0.1) is 5.10 Å². The molecule has 0 aliphatic carbocycles. The molecule has 0 bridgehead atoms. The SMILES string of the molecule is COc1cc(C(=O)Nc2cccc(C)c2)ccc1-n1cnnn1. The lowest BCUT2D eigenvalue weighted by Gasteiger charge is -2.10. The summed E-state index contributed by atoms with van der Waals surface area (Å²) in [5, 5.41) is 13.9. The van der Waals surface area contributed by atoms with Crippen molar-refractivity contribution in [2.24, 2.45) is 0 Å². The van der Waals surface area contributed by atoms with Crippen LogP contribution in [0.2, 0.25) is 0 Å². The number of aryl methyl sites for hydroxylation is 1. The molecule has 0 saturated heterocycles. The third-order valence-corrected chi connectivity index (χ3v) is 3.31. The van der Waals surface area contributed by atoms with Gasteiger partial charge in [-0.25, -0.2) is 0 Å². The molecule has 23 heavy (non-hydrogen) atoms. The first-order valence-electron chi connectivity index (χ1n) is 6.97. The second-order valence-electron chi connectivity index (χ2n) is 4.96. The number of aromatic nitrogens is 4. The van der Waals surface area contributed by atoms with E-state index in [2.05, 4.69) is 20.8 Å². The zero-order valence-electron chi connectivity index (χ0n) is 12.7. The van der Waals surface area contributed by atoms with E-state index in [1.54, 1.807) is 18.2 Å². The van der Waals surface area contributed by atoms with Gasteiger partial charge in [0, 0.05) is 11.3 Å². The molecule has 0 saturated carbocycles. The Hall–Kier alpha value is -3.22. The zero-order chi connectivity index (χ0) is 16.2. The summed E-state index contributed by atoms with van der Waals surface area (Å²) in [5.74, 6) is 0.298. The van der Waals surface area contributed by atoms with Crippen LogP contribution in [0.15, 0.2) is 48.8 Å². The summed E-state index contributed by atoms with van der Waals surface area (Å²) in [5.41, 5.74) is 2.97. The van der Waals surface area contributed by atoms with E-state index >= 15 is 0 Å². The summed E-state index contributed by atoms with van der Waals surface area (Å²) in [6, 6.07) is 12.7. The lowest BCUT2D eigenvalue weighted by Crippen LogP contribution is -2.12. The van der Waals surface area contributed by atoms with Crippen LogP contribution in [0.5, 0.6) is 5.75 Å². The second kappa shape index (κ2) is 6.27. The minimum absolute atomic E-state index is 0.211. The summed E-state index contributed by atoms with van der Waals surface area (Å²) in [6.07, 6.45) is 1.46. The minimum Gasteiger partial charge on any atom is -0.494 e. The molecule has 3 rings (SSSR count). The Morgan fingerprint density at radius 3 is 2.78 bits per heavy atom. The van der Waals surface area contributed by atoms with Crippen LogP contribution in [-0.2, 0) is 0 Å². The quantitative estimate of drug-likeness (QED) is 0.799. The first-order chi connectivity index (χ1) is 11.2. The Labute approximate surface area is 132 Å². The molecule has 1 amide bonds. The predicted molar refractivity (Wildman–Crippen MR) is 84.8 cm³/mol. The van der Waals surface area contributed by atoms with Gasteiger partial charge in [-0.1, -0.05) is 12.1 Å². The molecule has 116 valence electrons. The van der Waals surface area contributed by atoms with Crippen molar-refractivity contribution in [2.45, 2.75) is 6.92 Å². The van der Waals surface area contributed by atoms with E-state index in [0.717, 1.165) is 11.3 Å². The molecular weight excluding hydrogens is 294 g/mol. The maximum Gasteiger partial charge on any atom is 0.255 e. The number of nitrogens with zero attached hydrogens (tertiary/aromatic N) is 4. The molecule has 7 heteroatoms. The molecule has 1 N–H and O–H groups in total. The van der Waals surface area contributed by atoms with Gasteiger partial charge < -0.3 is 10.1 Å². The van der Waals surface area contributed by atoms with E-state index in [9.17, 15) is 4.79 Å². The number of anilines is 1. The maximum atomic E-state index is 12.4. The average Bonchev–Trinajstić information content (AvgIpc) is 3.08. The van der Waals surface area contributed by atoms with Gasteiger partial charge in [-0.2, -0.15) is 4.68 Å². The van der Waals surface area contributed by atoms with Crippen molar-refractivity contribution < 1.29 is 9.53 Å². The molecule has 0 aliphatic heterocycles. The summed E-state index contributed by atoms with van der Waals surface area (Å²) in [7, 11) is 1.53. The van der Waals surface area contributed by atoms with E-state index in [1.165, 1.54) is 18.1 Å². The van der Waals surface area contributed by atoms with Crippen LogP contribution in [0.1, 0.15) is 15.9 Å². The third-order valence-electron chi connectivity index (χ3n) is 3.31. The van der Waals surface area contributed by atoms with Gasteiger partial charge in [-0.3, -0.25) is 4.79 Å². The number of hydrogen-bond acceptors (Lipinski definition) is 5. The van der Waals surface area contributed by atoms with Gasteiger partial charge in [0.15, 0.2) is 0 Å². The number of carbonyl (C=O) groups excluding carboxylic acids is 1. The summed E-state index contributed by atoms with van der Waals surface area (Å²) >= 11 is 0. The third kappa shape index (κ3) is 3.18. The lowest BCUT2D eigenvalue weighted by molar-refractivity contribution is 0.102. The van der Waals surface area contributed by atoms with Crippen molar-refractivity contribution in [3.8, 4) is 11.4 Å². The van der Waals surface area contributed by atoms with Gasteiger partial charge >= 0.3 is 0 Å². The maximum absolute atomic E-state index is 12.4. The summed E-state index contributed by atoms with van der Waals surface area (Å²) in [4.78, 5) is 12.4.